The third-order valence-electron chi connectivity index (χ3n) is 3.95. The zero-order valence-corrected chi connectivity index (χ0v) is 19.2. The molecule has 33 heavy (non-hydrogen) atoms. The van der Waals surface area contributed by atoms with Crippen LogP contribution in [0, 0.1) is 0 Å². The van der Waals surface area contributed by atoms with Gasteiger partial charge in [-0.1, -0.05) is 6.07 Å². The normalized spacial score (nSPS) is 10.9. The Morgan fingerprint density at radius 2 is 1.85 bits per heavy atom. The van der Waals surface area contributed by atoms with Gasteiger partial charge in [-0.15, -0.1) is 11.3 Å². The maximum absolute atomic E-state index is 12.4. The van der Waals surface area contributed by atoms with Gasteiger partial charge in [-0.05, 0) is 45.0 Å². The molecule has 0 aromatic carbocycles. The summed E-state index contributed by atoms with van der Waals surface area (Å²) in [5.41, 5.74) is 1.39. The highest BCUT2D eigenvalue weighted by Gasteiger charge is 2.16. The lowest BCUT2D eigenvalue weighted by Crippen LogP contribution is -2.34. The van der Waals surface area contributed by atoms with Gasteiger partial charge in [0.15, 0.2) is 5.13 Å². The van der Waals surface area contributed by atoms with Crippen molar-refractivity contribution in [2.45, 2.75) is 32.8 Å². The molecule has 3 N–H and O–H groups in total. The van der Waals surface area contributed by atoms with Crippen molar-refractivity contribution >= 4 is 40.1 Å². The van der Waals surface area contributed by atoms with E-state index in [4.69, 9.17) is 4.74 Å². The Balaban J connectivity index is 1.46. The first kappa shape index (κ1) is 23.8. The average Bonchev–Trinajstić information content (AvgIpc) is 3.22. The second kappa shape index (κ2) is 10.6. The summed E-state index contributed by atoms with van der Waals surface area (Å²) in [5.74, 6) is -0.730. The number of hydrogen-bond acceptors (Lipinski definition) is 8. The number of aromatic nitrogens is 3. The van der Waals surface area contributed by atoms with Gasteiger partial charge in [-0.25, -0.2) is 14.8 Å². The molecule has 0 aliphatic rings. The minimum atomic E-state index is -0.604. The van der Waals surface area contributed by atoms with Crippen molar-refractivity contribution in [2.24, 2.45) is 0 Å². The van der Waals surface area contributed by atoms with E-state index in [1.807, 2.05) is 23.6 Å². The number of thiazole rings is 1. The Morgan fingerprint density at radius 1 is 1.03 bits per heavy atom. The van der Waals surface area contributed by atoms with Crippen molar-refractivity contribution in [3.05, 3.63) is 53.8 Å². The van der Waals surface area contributed by atoms with Crippen molar-refractivity contribution in [1.29, 1.82) is 0 Å². The molecular weight excluding hydrogens is 444 g/mol. The number of amides is 3. The molecule has 0 spiro atoms. The van der Waals surface area contributed by atoms with E-state index in [0.717, 1.165) is 0 Å². The number of nitrogens with zero attached hydrogens (tertiary/aromatic N) is 3. The first-order valence-electron chi connectivity index (χ1n) is 10.1. The van der Waals surface area contributed by atoms with E-state index in [1.54, 1.807) is 33.0 Å². The number of anilines is 2. The Labute approximate surface area is 194 Å². The van der Waals surface area contributed by atoms with Crippen LogP contribution < -0.4 is 16.0 Å². The second-order valence-corrected chi connectivity index (χ2v) is 8.72. The summed E-state index contributed by atoms with van der Waals surface area (Å²) in [7, 11) is 0. The summed E-state index contributed by atoms with van der Waals surface area (Å²) in [6.07, 6.45) is 2.54. The maximum Gasteiger partial charge on any atom is 0.407 e. The van der Waals surface area contributed by atoms with Crippen LogP contribution in [0.5, 0.6) is 0 Å². The van der Waals surface area contributed by atoms with Gasteiger partial charge < -0.3 is 15.4 Å². The van der Waals surface area contributed by atoms with Crippen molar-refractivity contribution in [1.82, 2.24) is 20.3 Å². The minimum Gasteiger partial charge on any atom is -0.444 e. The lowest BCUT2D eigenvalue weighted by molar-refractivity contribution is -0.116. The fourth-order valence-corrected chi connectivity index (χ4v) is 3.24. The molecule has 10 nitrogen and oxygen atoms in total. The Kier molecular flexibility index (Phi) is 7.67. The quantitative estimate of drug-likeness (QED) is 0.481. The van der Waals surface area contributed by atoms with E-state index < -0.39 is 17.6 Å². The summed E-state index contributed by atoms with van der Waals surface area (Å²) in [6, 6.07) is 8.58. The fourth-order valence-electron chi connectivity index (χ4n) is 2.54. The molecule has 3 heterocycles. The average molecular weight is 469 g/mol. The summed E-state index contributed by atoms with van der Waals surface area (Å²) >= 11 is 1.28. The van der Waals surface area contributed by atoms with Crippen LogP contribution in [-0.4, -0.2) is 45.0 Å². The van der Waals surface area contributed by atoms with Crippen LogP contribution >= 0.6 is 11.3 Å². The number of pyridine rings is 2. The molecule has 3 aromatic rings. The van der Waals surface area contributed by atoms with Gasteiger partial charge in [0.25, 0.3) is 5.91 Å². The first-order chi connectivity index (χ1) is 15.7. The molecule has 0 aliphatic heterocycles. The van der Waals surface area contributed by atoms with Gasteiger partial charge in [0.1, 0.15) is 17.0 Å². The van der Waals surface area contributed by atoms with Crippen LogP contribution in [0.15, 0.2) is 48.1 Å². The number of hydrogen-bond donors (Lipinski definition) is 3. The predicted octanol–water partition coefficient (Wildman–Crippen LogP) is 3.71. The molecule has 0 radical (unpaired) electrons. The molecule has 0 atom stereocenters. The zero-order valence-electron chi connectivity index (χ0n) is 18.4. The maximum atomic E-state index is 12.4. The van der Waals surface area contributed by atoms with Gasteiger partial charge >= 0.3 is 6.09 Å². The number of carbonyl (C=O) groups excluding carboxylic acids is 3. The molecule has 0 saturated carbocycles. The molecule has 0 unspecified atom stereocenters. The van der Waals surface area contributed by atoms with Gasteiger partial charge in [0.2, 0.25) is 5.91 Å². The van der Waals surface area contributed by atoms with Crippen LogP contribution in [0.3, 0.4) is 0 Å². The van der Waals surface area contributed by atoms with Crippen molar-refractivity contribution in [2.75, 3.05) is 17.2 Å². The SMILES string of the molecule is CC(C)(C)OC(=O)NCCC(=O)Nc1ccc(C(=O)Nc2nc(-c3ccccn3)cs2)nc1. The van der Waals surface area contributed by atoms with Crippen LogP contribution in [0.1, 0.15) is 37.7 Å². The number of rotatable bonds is 7. The number of alkyl carbamates (subject to hydrolysis) is 1. The molecule has 0 bridgehead atoms. The van der Waals surface area contributed by atoms with E-state index in [2.05, 4.69) is 30.9 Å². The molecule has 0 fully saturated rings. The van der Waals surface area contributed by atoms with Crippen molar-refractivity contribution < 1.29 is 19.1 Å². The van der Waals surface area contributed by atoms with Gasteiger partial charge in [0.05, 0.1) is 17.6 Å². The molecular formula is C22H24N6O4S. The summed E-state index contributed by atoms with van der Waals surface area (Å²) in [5, 5.41) is 10.1. The first-order valence-corrected chi connectivity index (χ1v) is 11.0. The van der Waals surface area contributed by atoms with Crippen LogP contribution in [0.25, 0.3) is 11.4 Å². The largest absolute Gasteiger partial charge is 0.444 e. The Morgan fingerprint density at radius 3 is 2.52 bits per heavy atom. The number of ether oxygens (including phenoxy) is 1. The van der Waals surface area contributed by atoms with Gasteiger partial charge in [0, 0.05) is 24.5 Å². The molecule has 11 heteroatoms. The van der Waals surface area contributed by atoms with Crippen molar-refractivity contribution in [3.63, 3.8) is 0 Å². The minimum absolute atomic E-state index is 0.0597. The Hall–Kier alpha value is -3.86. The fraction of sp³-hybridized carbons (Fsp3) is 0.273. The highest BCUT2D eigenvalue weighted by Crippen LogP contribution is 2.23. The third-order valence-corrected chi connectivity index (χ3v) is 4.71. The smallest absolute Gasteiger partial charge is 0.407 e. The Bertz CT molecular complexity index is 1110. The highest BCUT2D eigenvalue weighted by atomic mass is 32.1. The van der Waals surface area contributed by atoms with E-state index in [1.165, 1.54) is 23.6 Å². The highest BCUT2D eigenvalue weighted by molar-refractivity contribution is 7.14. The van der Waals surface area contributed by atoms with Crippen LogP contribution in [0.4, 0.5) is 15.6 Å². The molecule has 0 saturated heterocycles. The lowest BCUT2D eigenvalue weighted by atomic mass is 10.2. The van der Waals surface area contributed by atoms with E-state index in [0.29, 0.717) is 22.2 Å². The predicted molar refractivity (Wildman–Crippen MR) is 125 cm³/mol. The molecule has 172 valence electrons. The van der Waals surface area contributed by atoms with Gasteiger partial charge in [-0.3, -0.25) is 19.9 Å². The third kappa shape index (κ3) is 7.65. The number of nitrogens with one attached hydrogen (secondary N) is 3. The van der Waals surface area contributed by atoms with E-state index >= 15 is 0 Å². The monoisotopic (exact) mass is 468 g/mol. The van der Waals surface area contributed by atoms with Crippen LogP contribution in [0.2, 0.25) is 0 Å². The van der Waals surface area contributed by atoms with Crippen molar-refractivity contribution in [3.8, 4) is 11.4 Å². The second-order valence-electron chi connectivity index (χ2n) is 7.87. The van der Waals surface area contributed by atoms with Gasteiger partial charge in [-0.2, -0.15) is 0 Å². The standard InChI is InChI=1S/C22H24N6O4S/c1-22(2,3)32-21(31)24-11-9-18(29)26-14-7-8-16(25-12-14)19(30)28-20-27-17(13-33-20)15-6-4-5-10-23-15/h4-8,10,12-13H,9,11H2,1-3H3,(H,24,31)(H,26,29)(H,27,28,30). The molecule has 3 aromatic heterocycles. The molecule has 0 aliphatic carbocycles. The zero-order chi connectivity index (χ0) is 23.8. The van der Waals surface area contributed by atoms with E-state index in [-0.39, 0.29) is 24.6 Å². The molecule has 3 amide bonds. The topological polar surface area (TPSA) is 135 Å². The molecule has 3 rings (SSSR count). The summed E-state index contributed by atoms with van der Waals surface area (Å²) in [6.45, 7) is 5.40. The summed E-state index contributed by atoms with van der Waals surface area (Å²) in [4.78, 5) is 48.7. The lowest BCUT2D eigenvalue weighted by Gasteiger charge is -2.19. The van der Waals surface area contributed by atoms with E-state index in [9.17, 15) is 14.4 Å². The van der Waals surface area contributed by atoms with Crippen LogP contribution in [-0.2, 0) is 9.53 Å². The summed E-state index contributed by atoms with van der Waals surface area (Å²) < 4.78 is 5.10. The number of carbonyl (C=O) groups is 3.